The molecule has 2 aromatic carbocycles. The topological polar surface area (TPSA) is 151 Å². The third-order valence-electron chi connectivity index (χ3n) is 8.51. The highest BCUT2D eigenvalue weighted by molar-refractivity contribution is 6.25. The maximum absolute atomic E-state index is 13.9. The number of hydrogen-bond donors (Lipinski definition) is 5. The van der Waals surface area contributed by atoms with Gasteiger partial charge in [-0.05, 0) is 67.7 Å². The fraction of sp³-hybridized carbons (Fsp3) is 0.367. The number of phenolic OH excluding ortho intramolecular Hbond substituents is 1. The van der Waals surface area contributed by atoms with Crippen LogP contribution in [0.2, 0.25) is 0 Å². The van der Waals surface area contributed by atoms with E-state index in [0.717, 1.165) is 16.8 Å². The lowest BCUT2D eigenvalue weighted by molar-refractivity contribution is -0.148. The van der Waals surface area contributed by atoms with Crippen LogP contribution in [0.5, 0.6) is 5.75 Å². The molecule has 0 aliphatic heterocycles. The number of hydrogen-bond acceptors (Lipinski definition) is 9. The average Bonchev–Trinajstić information content (AvgIpc) is 2.90. The molecule has 5 rings (SSSR count). The highest BCUT2D eigenvalue weighted by atomic mass is 16.3. The predicted octanol–water partition coefficient (Wildman–Crippen LogP) is 2.11. The van der Waals surface area contributed by atoms with Gasteiger partial charge in [-0.1, -0.05) is 18.2 Å². The lowest BCUT2D eigenvalue weighted by atomic mass is 9.58. The van der Waals surface area contributed by atoms with Crippen LogP contribution in [-0.4, -0.2) is 89.7 Å². The van der Waals surface area contributed by atoms with Crippen molar-refractivity contribution in [1.29, 1.82) is 0 Å². The number of rotatable bonds is 4. The third kappa shape index (κ3) is 3.74. The highest BCUT2D eigenvalue weighted by Crippen LogP contribution is 2.53. The molecule has 5 N–H and O–H groups in total. The Morgan fingerprint density at radius 3 is 2.23 bits per heavy atom. The Labute approximate surface area is 231 Å². The molecule has 0 heterocycles. The molecule has 40 heavy (non-hydrogen) atoms. The number of aliphatic hydroxyl groups is 3. The highest BCUT2D eigenvalue weighted by Gasteiger charge is 2.63. The van der Waals surface area contributed by atoms with E-state index in [0.29, 0.717) is 5.56 Å². The fourth-order valence-electron chi connectivity index (χ4n) is 6.57. The molecule has 2 unspecified atom stereocenters. The van der Waals surface area contributed by atoms with Crippen LogP contribution in [0.3, 0.4) is 0 Å². The molecule has 10 heteroatoms. The molecule has 0 radical (unpaired) electrons. The molecule has 4 atom stereocenters. The molecule has 0 saturated carbocycles. The number of anilines is 1. The van der Waals surface area contributed by atoms with Crippen LogP contribution >= 0.6 is 0 Å². The van der Waals surface area contributed by atoms with Gasteiger partial charge >= 0.3 is 0 Å². The van der Waals surface area contributed by atoms with E-state index < -0.39 is 58.0 Å². The maximum Gasteiger partial charge on any atom is 0.258 e. The van der Waals surface area contributed by atoms with Crippen molar-refractivity contribution in [2.75, 3.05) is 40.1 Å². The van der Waals surface area contributed by atoms with Crippen molar-refractivity contribution in [3.8, 4) is 16.9 Å². The van der Waals surface area contributed by atoms with Crippen molar-refractivity contribution in [2.24, 2.45) is 11.8 Å². The minimum absolute atomic E-state index is 0.00590. The van der Waals surface area contributed by atoms with E-state index >= 15 is 0 Å². The van der Waals surface area contributed by atoms with Gasteiger partial charge < -0.3 is 30.6 Å². The van der Waals surface area contributed by atoms with Crippen molar-refractivity contribution in [3.05, 3.63) is 70.2 Å². The average molecular weight is 548 g/mol. The van der Waals surface area contributed by atoms with Crippen molar-refractivity contribution in [2.45, 2.75) is 24.5 Å². The summed E-state index contributed by atoms with van der Waals surface area (Å²) in [6, 6.07) is 9.94. The number of carbonyl (C=O) groups is 3. The number of allylic oxidation sites excluding steroid dienone is 1. The van der Waals surface area contributed by atoms with E-state index in [1.165, 1.54) is 13.1 Å². The number of carbonyl (C=O) groups excluding carboxylic acids is 3. The summed E-state index contributed by atoms with van der Waals surface area (Å²) in [5, 5.41) is 47.4. The van der Waals surface area contributed by atoms with E-state index in [4.69, 9.17) is 0 Å². The summed E-state index contributed by atoms with van der Waals surface area (Å²) in [5.74, 6) is -6.04. The summed E-state index contributed by atoms with van der Waals surface area (Å²) in [6.07, 6.45) is 0.308. The van der Waals surface area contributed by atoms with Gasteiger partial charge in [0.1, 0.15) is 22.8 Å². The van der Waals surface area contributed by atoms with Crippen LogP contribution in [0, 0.1) is 11.8 Å². The Bertz CT molecular complexity index is 1510. The van der Waals surface area contributed by atoms with E-state index in [2.05, 4.69) is 5.32 Å². The van der Waals surface area contributed by atoms with Gasteiger partial charge in [0.2, 0.25) is 5.78 Å². The van der Waals surface area contributed by atoms with Crippen LogP contribution < -0.4 is 10.2 Å². The molecule has 1 amide bonds. The molecule has 3 aliphatic rings. The van der Waals surface area contributed by atoms with Crippen LogP contribution in [0.15, 0.2) is 59.1 Å². The monoisotopic (exact) mass is 547 g/mol. The van der Waals surface area contributed by atoms with Gasteiger partial charge in [0.25, 0.3) is 5.91 Å². The first kappa shape index (κ1) is 27.4. The molecule has 3 aliphatic carbocycles. The molecule has 2 aromatic rings. The summed E-state index contributed by atoms with van der Waals surface area (Å²) in [4.78, 5) is 43.6. The smallest absolute Gasteiger partial charge is 0.258 e. The summed E-state index contributed by atoms with van der Waals surface area (Å²) in [5.41, 5.74) is -0.249. The molecule has 0 aromatic heterocycles. The number of phenols is 1. The number of ketones is 2. The fourth-order valence-corrected chi connectivity index (χ4v) is 6.57. The minimum Gasteiger partial charge on any atom is -0.510 e. The normalized spacial score (nSPS) is 25.9. The first-order valence-corrected chi connectivity index (χ1v) is 13.0. The molecule has 10 nitrogen and oxygen atoms in total. The maximum atomic E-state index is 13.9. The number of nitrogens with one attached hydrogen (secondary N) is 1. The molecule has 0 saturated heterocycles. The van der Waals surface area contributed by atoms with E-state index in [1.807, 2.05) is 43.3 Å². The number of likely N-dealkylation sites (N-methyl/N-ethyl adjacent to an activating group) is 2. The number of aliphatic hydroxyl groups excluding tert-OH is 2. The van der Waals surface area contributed by atoms with Gasteiger partial charge in [0, 0.05) is 38.3 Å². The van der Waals surface area contributed by atoms with E-state index in [-0.39, 0.29) is 29.7 Å². The summed E-state index contributed by atoms with van der Waals surface area (Å²) in [7, 11) is 8.40. The van der Waals surface area contributed by atoms with Crippen LogP contribution in [0.25, 0.3) is 11.1 Å². The van der Waals surface area contributed by atoms with Gasteiger partial charge in [-0.25, -0.2) is 0 Å². The standard InChI is InChI=1S/C30H33N3O7/c1-31-29(39)23-26(36)24(33(4)5)19-13-15-12-18-17(14-6-8-16(9-7-14)32(2)3)10-11-20(34)22(18)25(35)21(15)27(37)30(19,40)28(23)38/h6-11,15,19,24,34,36-37,40H,12-13H2,1-5H3,(H,31,39)/t15?,19?,24-,30-/m0/s1. The lowest BCUT2D eigenvalue weighted by Gasteiger charge is -2.50. The first-order chi connectivity index (χ1) is 18.8. The number of nitrogens with zero attached hydrogens (tertiary/aromatic N) is 2. The van der Waals surface area contributed by atoms with Crippen molar-refractivity contribution in [3.63, 3.8) is 0 Å². The van der Waals surface area contributed by atoms with Gasteiger partial charge in [0.15, 0.2) is 11.4 Å². The van der Waals surface area contributed by atoms with E-state index in [9.17, 15) is 34.8 Å². The second-order valence-corrected chi connectivity index (χ2v) is 11.1. The number of Topliss-reactive ketones (excluding diaryl/α,β-unsaturated/α-hetero) is 2. The Kier molecular flexibility index (Phi) is 6.51. The van der Waals surface area contributed by atoms with Crippen molar-refractivity contribution >= 4 is 23.2 Å². The molecule has 0 spiro atoms. The minimum atomic E-state index is -2.61. The Morgan fingerprint density at radius 1 is 1.00 bits per heavy atom. The SMILES string of the molecule is CNC(=O)C1=C(O)[C@@H](N(C)C)C2CC3Cc4c(-c5ccc(N(C)C)cc5)ccc(O)c4C(=O)C3=C(O)[C@]2(O)C1=O. The summed E-state index contributed by atoms with van der Waals surface area (Å²) in [6.45, 7) is 0. The Balaban J connectivity index is 1.69. The van der Waals surface area contributed by atoms with Crippen molar-refractivity contribution < 1.29 is 34.8 Å². The van der Waals surface area contributed by atoms with Crippen LogP contribution in [0.1, 0.15) is 22.3 Å². The summed E-state index contributed by atoms with van der Waals surface area (Å²) < 4.78 is 0. The van der Waals surface area contributed by atoms with Crippen molar-refractivity contribution in [1.82, 2.24) is 10.2 Å². The molecule has 0 fully saturated rings. The third-order valence-corrected chi connectivity index (χ3v) is 8.51. The quantitative estimate of drug-likeness (QED) is 0.363. The predicted molar refractivity (Wildman–Crippen MR) is 148 cm³/mol. The van der Waals surface area contributed by atoms with Gasteiger partial charge in [-0.2, -0.15) is 0 Å². The zero-order chi connectivity index (χ0) is 29.3. The van der Waals surface area contributed by atoms with Crippen LogP contribution in [0.4, 0.5) is 5.69 Å². The zero-order valence-corrected chi connectivity index (χ0v) is 23.0. The van der Waals surface area contributed by atoms with Gasteiger partial charge in [-0.3, -0.25) is 19.3 Å². The molecular formula is C30H33N3O7. The van der Waals surface area contributed by atoms with Gasteiger partial charge in [-0.15, -0.1) is 0 Å². The van der Waals surface area contributed by atoms with E-state index in [1.54, 1.807) is 25.1 Å². The first-order valence-electron chi connectivity index (χ1n) is 13.0. The number of benzene rings is 2. The Morgan fingerprint density at radius 2 is 1.65 bits per heavy atom. The number of aromatic hydroxyl groups is 1. The molecule has 0 bridgehead atoms. The van der Waals surface area contributed by atoms with Gasteiger partial charge in [0.05, 0.1) is 11.6 Å². The summed E-state index contributed by atoms with van der Waals surface area (Å²) >= 11 is 0. The molecular weight excluding hydrogens is 514 g/mol. The van der Waals surface area contributed by atoms with Crippen LogP contribution in [-0.2, 0) is 16.0 Å². The number of amides is 1. The zero-order valence-electron chi connectivity index (χ0n) is 23.0. The Hall–Kier alpha value is -4.15. The number of fused-ring (bicyclic) bond motifs is 3. The molecule has 210 valence electrons. The lowest BCUT2D eigenvalue weighted by Crippen LogP contribution is -2.63. The second kappa shape index (κ2) is 9.50. The second-order valence-electron chi connectivity index (χ2n) is 11.1. The largest absolute Gasteiger partial charge is 0.510 e.